The summed E-state index contributed by atoms with van der Waals surface area (Å²) < 4.78 is 4.86. The van der Waals surface area contributed by atoms with Gasteiger partial charge in [-0.25, -0.2) is 4.79 Å². The van der Waals surface area contributed by atoms with Crippen molar-refractivity contribution in [3.8, 4) is 0 Å². The van der Waals surface area contributed by atoms with Crippen LogP contribution in [0.25, 0.3) is 17.0 Å². The van der Waals surface area contributed by atoms with Gasteiger partial charge in [0.2, 0.25) is 11.8 Å². The quantitative estimate of drug-likeness (QED) is 0.624. The Labute approximate surface area is 191 Å². The Hall–Kier alpha value is -3.87. The minimum atomic E-state index is -0.385. The van der Waals surface area contributed by atoms with Gasteiger partial charge in [0.25, 0.3) is 0 Å². The summed E-state index contributed by atoms with van der Waals surface area (Å²) in [5.74, 6) is -0.476. The number of carbonyl (C=O) groups is 3. The van der Waals surface area contributed by atoms with Gasteiger partial charge in [-0.3, -0.25) is 9.59 Å². The number of aromatic amines is 1. The molecule has 2 amide bonds. The van der Waals surface area contributed by atoms with Crippen LogP contribution in [0.4, 0.5) is 0 Å². The second kappa shape index (κ2) is 8.24. The van der Waals surface area contributed by atoms with E-state index < -0.39 is 0 Å². The van der Waals surface area contributed by atoms with Gasteiger partial charge in [-0.05, 0) is 35.4 Å². The fourth-order valence-corrected chi connectivity index (χ4v) is 4.88. The van der Waals surface area contributed by atoms with E-state index in [0.717, 1.165) is 33.3 Å². The van der Waals surface area contributed by atoms with Gasteiger partial charge < -0.3 is 19.5 Å². The topological polar surface area (TPSA) is 82.7 Å². The zero-order valence-electron chi connectivity index (χ0n) is 18.6. The first kappa shape index (κ1) is 21.0. The van der Waals surface area contributed by atoms with Crippen LogP contribution in [0.3, 0.4) is 0 Å². The lowest BCUT2D eigenvalue weighted by atomic mass is 9.93. The van der Waals surface area contributed by atoms with Crippen molar-refractivity contribution in [3.63, 3.8) is 0 Å². The van der Waals surface area contributed by atoms with Crippen LogP contribution < -0.4 is 0 Å². The minimum absolute atomic E-state index is 0.000440. The third kappa shape index (κ3) is 3.69. The highest BCUT2D eigenvalue weighted by molar-refractivity contribution is 5.96. The van der Waals surface area contributed by atoms with Crippen molar-refractivity contribution in [2.24, 2.45) is 0 Å². The molecule has 3 aromatic rings. The van der Waals surface area contributed by atoms with Crippen LogP contribution in [0, 0.1) is 0 Å². The number of H-pyrrole nitrogens is 1. The van der Waals surface area contributed by atoms with Crippen LogP contribution in [-0.4, -0.2) is 46.2 Å². The molecule has 33 heavy (non-hydrogen) atoms. The van der Waals surface area contributed by atoms with E-state index in [1.807, 2.05) is 47.4 Å². The fourth-order valence-electron chi connectivity index (χ4n) is 4.88. The summed E-state index contributed by atoms with van der Waals surface area (Å²) in [4.78, 5) is 44.6. The maximum Gasteiger partial charge on any atom is 0.337 e. The smallest absolute Gasteiger partial charge is 0.337 e. The summed E-state index contributed by atoms with van der Waals surface area (Å²) in [5.41, 5.74) is 5.56. The van der Waals surface area contributed by atoms with E-state index in [2.05, 4.69) is 4.98 Å². The first-order chi connectivity index (χ1) is 16.0. The lowest BCUT2D eigenvalue weighted by Crippen LogP contribution is -2.39. The van der Waals surface area contributed by atoms with Gasteiger partial charge in [0.1, 0.15) is 0 Å². The molecule has 0 bridgehead atoms. The van der Waals surface area contributed by atoms with Crippen molar-refractivity contribution in [1.82, 2.24) is 14.8 Å². The van der Waals surface area contributed by atoms with Crippen molar-refractivity contribution in [1.29, 1.82) is 0 Å². The van der Waals surface area contributed by atoms with Gasteiger partial charge in [0.15, 0.2) is 0 Å². The number of ether oxygens (including phenoxy) is 1. The van der Waals surface area contributed by atoms with Crippen molar-refractivity contribution < 1.29 is 19.1 Å². The molecule has 0 aliphatic carbocycles. The van der Waals surface area contributed by atoms with E-state index in [9.17, 15) is 14.4 Å². The normalized spacial score (nSPS) is 17.0. The van der Waals surface area contributed by atoms with E-state index >= 15 is 0 Å². The number of hydrogen-bond acceptors (Lipinski definition) is 4. The lowest BCUT2D eigenvalue weighted by Gasteiger charge is -2.35. The van der Waals surface area contributed by atoms with Gasteiger partial charge in [0, 0.05) is 54.8 Å². The molecule has 0 radical (unpaired) electrons. The number of amides is 2. The molecule has 7 heteroatoms. The number of nitrogens with zero attached hydrogens (tertiary/aromatic N) is 2. The Morgan fingerprint density at radius 2 is 1.97 bits per heavy atom. The Morgan fingerprint density at radius 3 is 2.76 bits per heavy atom. The average Bonchev–Trinajstić information content (AvgIpc) is 3.20. The van der Waals surface area contributed by atoms with Gasteiger partial charge in [-0.2, -0.15) is 0 Å². The molecule has 3 heterocycles. The maximum absolute atomic E-state index is 13.4. The molecule has 0 saturated carbocycles. The molecule has 2 aromatic carbocycles. The first-order valence-electron chi connectivity index (χ1n) is 11.0. The predicted octanol–water partition coefficient (Wildman–Crippen LogP) is 3.80. The summed E-state index contributed by atoms with van der Waals surface area (Å²) in [6, 6.07) is 13.0. The Morgan fingerprint density at radius 1 is 1.15 bits per heavy atom. The molecule has 5 rings (SSSR count). The third-order valence-electron chi connectivity index (χ3n) is 6.59. The van der Waals surface area contributed by atoms with Crippen molar-refractivity contribution in [3.05, 3.63) is 76.6 Å². The Bertz CT molecular complexity index is 1310. The largest absolute Gasteiger partial charge is 0.465 e. The van der Waals surface area contributed by atoms with E-state index in [0.29, 0.717) is 25.1 Å². The number of methoxy groups -OCH3 is 1. The highest BCUT2D eigenvalue weighted by Crippen LogP contribution is 2.35. The fraction of sp³-hybridized carbons (Fsp3) is 0.269. The molecule has 1 N–H and O–H groups in total. The molecule has 2 aliphatic rings. The highest BCUT2D eigenvalue weighted by Gasteiger charge is 2.31. The van der Waals surface area contributed by atoms with Crippen LogP contribution in [0.2, 0.25) is 0 Å². The molecular weight excluding hydrogens is 418 g/mol. The average molecular weight is 444 g/mol. The molecule has 0 unspecified atom stereocenters. The molecule has 0 saturated heterocycles. The predicted molar refractivity (Wildman–Crippen MR) is 124 cm³/mol. The van der Waals surface area contributed by atoms with Gasteiger partial charge in [0.05, 0.1) is 25.1 Å². The molecular formula is C26H25N3O4. The number of rotatable bonds is 3. The highest BCUT2D eigenvalue weighted by atomic mass is 16.5. The number of aromatic nitrogens is 1. The zero-order chi connectivity index (χ0) is 23.1. The molecule has 168 valence electrons. The summed E-state index contributed by atoms with van der Waals surface area (Å²) >= 11 is 0. The summed E-state index contributed by atoms with van der Waals surface area (Å²) in [7, 11) is 1.36. The monoisotopic (exact) mass is 443 g/mol. The van der Waals surface area contributed by atoms with Gasteiger partial charge in [-0.15, -0.1) is 0 Å². The van der Waals surface area contributed by atoms with Crippen LogP contribution in [0.15, 0.2) is 48.7 Å². The van der Waals surface area contributed by atoms with Crippen molar-refractivity contribution >= 4 is 34.8 Å². The second-order valence-corrected chi connectivity index (χ2v) is 8.49. The van der Waals surface area contributed by atoms with Crippen LogP contribution in [0.5, 0.6) is 0 Å². The van der Waals surface area contributed by atoms with Crippen molar-refractivity contribution in [2.75, 3.05) is 13.7 Å². The maximum atomic E-state index is 13.4. The van der Waals surface area contributed by atoms with Gasteiger partial charge in [-0.1, -0.05) is 24.3 Å². The number of fused-ring (bicyclic) bond motifs is 4. The number of hydrogen-bond donors (Lipinski definition) is 1. The molecule has 0 fully saturated rings. The zero-order valence-corrected chi connectivity index (χ0v) is 18.6. The molecule has 2 aliphatic heterocycles. The number of benzene rings is 2. The Balaban J connectivity index is 1.41. The van der Waals surface area contributed by atoms with E-state index in [4.69, 9.17) is 4.74 Å². The third-order valence-corrected chi connectivity index (χ3v) is 6.59. The van der Waals surface area contributed by atoms with Crippen LogP contribution >= 0.6 is 0 Å². The molecule has 1 aromatic heterocycles. The number of carbonyl (C=O) groups excluding carboxylic acids is 3. The SMILES string of the molecule is COC(=O)c1ccc2[nH]c3c(c2c1)CN(C(=O)C[C@@H]1c2ccccc2C=CN1C(C)=O)CC3. The lowest BCUT2D eigenvalue weighted by molar-refractivity contribution is -0.135. The summed E-state index contributed by atoms with van der Waals surface area (Å²) in [6.07, 6.45) is 4.60. The Kier molecular flexibility index (Phi) is 5.24. The van der Waals surface area contributed by atoms with E-state index in [1.54, 1.807) is 17.2 Å². The van der Waals surface area contributed by atoms with Crippen LogP contribution in [0.1, 0.15) is 52.1 Å². The van der Waals surface area contributed by atoms with E-state index in [1.165, 1.54) is 14.0 Å². The van der Waals surface area contributed by atoms with Gasteiger partial charge >= 0.3 is 5.97 Å². The van der Waals surface area contributed by atoms with Crippen molar-refractivity contribution in [2.45, 2.75) is 32.4 Å². The minimum Gasteiger partial charge on any atom is -0.465 e. The number of nitrogens with one attached hydrogen (secondary N) is 1. The standard InChI is InChI=1S/C26H25N3O4/c1-16(30)29-12-9-17-5-3-4-6-19(17)24(29)14-25(31)28-11-10-23-21(15-28)20-13-18(26(32)33-2)7-8-22(20)27-23/h3-9,12-13,24,27H,10-11,14-15H2,1-2H3/t24-/m1/s1. The summed E-state index contributed by atoms with van der Waals surface area (Å²) in [6.45, 7) is 2.59. The van der Waals surface area contributed by atoms with Crippen LogP contribution in [-0.2, 0) is 27.3 Å². The molecule has 1 atom stereocenters. The molecule has 7 nitrogen and oxygen atoms in total. The van der Waals surface area contributed by atoms with E-state index in [-0.39, 0.29) is 30.2 Å². The molecule has 0 spiro atoms. The first-order valence-corrected chi connectivity index (χ1v) is 11.0. The second-order valence-electron chi connectivity index (χ2n) is 8.49. The number of esters is 1. The summed E-state index contributed by atoms with van der Waals surface area (Å²) in [5, 5.41) is 0.932.